The van der Waals surface area contributed by atoms with Crippen molar-refractivity contribution in [2.45, 2.75) is 43.9 Å². The van der Waals surface area contributed by atoms with E-state index in [1.807, 2.05) is 30.3 Å². The Kier molecular flexibility index (Phi) is 15.5. The van der Waals surface area contributed by atoms with Crippen LogP contribution in [0, 0.1) is 0 Å². The van der Waals surface area contributed by atoms with E-state index in [1.54, 1.807) is 122 Å². The third-order valence-electron chi connectivity index (χ3n) is 11.5. The maximum atomic E-state index is 14.1. The highest BCUT2D eigenvalue weighted by molar-refractivity contribution is 5.92. The van der Waals surface area contributed by atoms with Crippen LogP contribution in [0.15, 0.2) is 203 Å². The van der Waals surface area contributed by atoms with Crippen LogP contribution in [0.5, 0.6) is 23.0 Å². The minimum atomic E-state index is -1.70. The molecule has 0 aliphatic carbocycles. The number of esters is 4. The number of fused-ring (bicyclic) bond motifs is 1. The number of rotatable bonds is 18. The summed E-state index contributed by atoms with van der Waals surface area (Å²) in [5.41, 5.74) is 1.28. The van der Waals surface area contributed by atoms with Gasteiger partial charge in [0.05, 0.1) is 34.7 Å². The van der Waals surface area contributed by atoms with Gasteiger partial charge < -0.3 is 47.0 Å². The Bertz CT molecular complexity index is 3200. The van der Waals surface area contributed by atoms with Crippen LogP contribution in [0.1, 0.15) is 52.6 Å². The summed E-state index contributed by atoms with van der Waals surface area (Å²) in [6.07, 6.45) is -8.12. The van der Waals surface area contributed by atoms with Gasteiger partial charge in [0.25, 0.3) is 0 Å². The molecule has 0 amide bonds. The van der Waals surface area contributed by atoms with Crippen molar-refractivity contribution in [1.29, 1.82) is 0 Å². The molecule has 1 fully saturated rings. The Balaban J connectivity index is 1.11. The minimum Gasteiger partial charge on any atom is -0.497 e. The molecule has 0 bridgehead atoms. The van der Waals surface area contributed by atoms with Crippen LogP contribution in [-0.4, -0.2) is 68.3 Å². The lowest BCUT2D eigenvalue weighted by atomic mass is 9.97. The van der Waals surface area contributed by atoms with E-state index < -0.39 is 66.8 Å². The quantitative estimate of drug-likeness (QED) is 0.0450. The predicted octanol–water partition coefficient (Wildman–Crippen LogP) is 9.60. The minimum absolute atomic E-state index is 0.00561. The first kappa shape index (κ1) is 48.8. The van der Waals surface area contributed by atoms with Crippen molar-refractivity contribution in [2.24, 2.45) is 0 Å². The normalized spacial score (nSPS) is 17.1. The second-order valence-electron chi connectivity index (χ2n) is 16.4. The van der Waals surface area contributed by atoms with Crippen molar-refractivity contribution in [3.8, 4) is 23.0 Å². The molecule has 1 saturated heterocycles. The number of ether oxygens (including phenoxy) is 9. The predicted molar refractivity (Wildman–Crippen MR) is 264 cm³/mol. The number of methoxy groups -OCH3 is 1. The first-order valence-corrected chi connectivity index (χ1v) is 23.1. The molecule has 1 aromatic heterocycles. The number of carbonyl (C=O) groups is 4. The molecule has 7 aromatic carbocycles. The molecule has 9 rings (SSSR count). The van der Waals surface area contributed by atoms with Crippen LogP contribution < -0.4 is 24.6 Å². The zero-order valence-corrected chi connectivity index (χ0v) is 39.1. The van der Waals surface area contributed by atoms with Gasteiger partial charge in [-0.05, 0) is 83.9 Å². The molecule has 15 nitrogen and oxygen atoms in total. The molecule has 5 atom stereocenters. The first-order valence-electron chi connectivity index (χ1n) is 23.1. The molecule has 15 heteroatoms. The van der Waals surface area contributed by atoms with Crippen molar-refractivity contribution < 1.29 is 66.2 Å². The Morgan fingerprint density at radius 3 is 1.47 bits per heavy atom. The van der Waals surface area contributed by atoms with Crippen LogP contribution in [0.3, 0.4) is 0 Å². The van der Waals surface area contributed by atoms with E-state index in [9.17, 15) is 24.0 Å². The second-order valence-corrected chi connectivity index (χ2v) is 16.4. The molecule has 73 heavy (non-hydrogen) atoms. The van der Waals surface area contributed by atoms with Crippen molar-refractivity contribution in [2.75, 3.05) is 13.7 Å². The van der Waals surface area contributed by atoms with Gasteiger partial charge in [-0.25, -0.2) is 24.0 Å². The van der Waals surface area contributed by atoms with Crippen LogP contribution in [-0.2, 0) is 36.9 Å². The van der Waals surface area contributed by atoms with Gasteiger partial charge in [-0.15, -0.1) is 0 Å². The summed E-state index contributed by atoms with van der Waals surface area (Å²) in [5.74, 6) is -2.79. The maximum absolute atomic E-state index is 14.1. The number of hydrogen-bond acceptors (Lipinski definition) is 15. The second kappa shape index (κ2) is 23.1. The summed E-state index contributed by atoms with van der Waals surface area (Å²) in [7, 11) is 1.56. The summed E-state index contributed by atoms with van der Waals surface area (Å²) in [4.78, 5) is 69.6. The standard InChI is InChI=1S/C58H46O15/c1-64-43-29-27-38(28-30-43)35-66-51-48(65-34-37-17-7-2-8-18-37)45-32-31-44(33-46(45)69-57(51)63)68-58-52(73-56(62)42-25-15-6-16-26-42)50(72-55(61)41-23-13-5-14-24-41)49(71-54(60)40-21-11-4-12-22-40)47(70-58)36-67-53(59)39-19-9-3-10-20-39/h2-33,47,49-50,52,58H,34-36H2,1H3/t47-,49-,50+,52+,58+/m1/s1. The third kappa shape index (κ3) is 12.0. The Labute approximate surface area is 418 Å². The highest BCUT2D eigenvalue weighted by Crippen LogP contribution is 2.38. The fourth-order valence-corrected chi connectivity index (χ4v) is 7.84. The van der Waals surface area contributed by atoms with E-state index in [2.05, 4.69) is 0 Å². The fourth-order valence-electron chi connectivity index (χ4n) is 7.84. The Morgan fingerprint density at radius 1 is 0.479 bits per heavy atom. The van der Waals surface area contributed by atoms with Gasteiger partial charge in [0.15, 0.2) is 18.0 Å². The van der Waals surface area contributed by atoms with Crippen molar-refractivity contribution in [3.05, 3.63) is 238 Å². The molecule has 1 aliphatic heterocycles. The number of benzene rings is 7. The van der Waals surface area contributed by atoms with Crippen molar-refractivity contribution in [3.63, 3.8) is 0 Å². The van der Waals surface area contributed by atoms with Gasteiger partial charge in [0, 0.05) is 6.07 Å². The summed E-state index contributed by atoms with van der Waals surface area (Å²) < 4.78 is 61.0. The highest BCUT2D eigenvalue weighted by Gasteiger charge is 2.54. The number of hydrogen-bond donors (Lipinski definition) is 0. The van der Waals surface area contributed by atoms with Crippen LogP contribution in [0.4, 0.5) is 0 Å². The van der Waals surface area contributed by atoms with Gasteiger partial charge in [-0.3, -0.25) is 0 Å². The molecule has 368 valence electrons. The average Bonchev–Trinajstić information content (AvgIpc) is 3.44. The molecule has 1 aliphatic rings. The zero-order valence-electron chi connectivity index (χ0n) is 39.1. The highest BCUT2D eigenvalue weighted by atomic mass is 16.7. The van der Waals surface area contributed by atoms with E-state index in [4.69, 9.17) is 47.0 Å². The van der Waals surface area contributed by atoms with Crippen molar-refractivity contribution >= 4 is 34.8 Å². The lowest BCUT2D eigenvalue weighted by molar-refractivity contribution is -0.275. The summed E-state index contributed by atoms with van der Waals surface area (Å²) in [6, 6.07) is 53.2. The lowest BCUT2D eigenvalue weighted by Crippen LogP contribution is -2.63. The SMILES string of the molecule is COc1ccc(COc2c(OCc3ccccc3)c3ccc(O[C@H]4O[C@H](COC(=O)c5ccccc5)[C@@H](OC(=O)c5ccccc5)[C@H](OC(=O)c5ccccc5)[C@@H]4OC(=O)c4ccccc4)cc3oc2=O)cc1. The van der Waals surface area contributed by atoms with Gasteiger partial charge in [-0.2, -0.15) is 0 Å². The average molecular weight is 983 g/mol. The third-order valence-corrected chi connectivity index (χ3v) is 11.5. The number of carbonyl (C=O) groups excluding carboxylic acids is 4. The first-order chi connectivity index (χ1) is 35.7. The summed E-state index contributed by atoms with van der Waals surface area (Å²) >= 11 is 0. The van der Waals surface area contributed by atoms with E-state index >= 15 is 0 Å². The molecule has 0 radical (unpaired) electrons. The molecule has 0 spiro atoms. The topological polar surface area (TPSA) is 182 Å². The largest absolute Gasteiger partial charge is 0.497 e. The Morgan fingerprint density at radius 2 is 0.932 bits per heavy atom. The molecular weight excluding hydrogens is 937 g/mol. The molecule has 0 N–H and O–H groups in total. The Hall–Kier alpha value is -9.21. The molecule has 8 aromatic rings. The fraction of sp³-hybridized carbons (Fsp3) is 0.155. The lowest BCUT2D eigenvalue weighted by Gasteiger charge is -2.44. The van der Waals surface area contributed by atoms with Gasteiger partial charge in [-0.1, -0.05) is 115 Å². The van der Waals surface area contributed by atoms with Crippen LogP contribution in [0.2, 0.25) is 0 Å². The summed E-state index contributed by atoms with van der Waals surface area (Å²) in [6.45, 7) is -0.520. The van der Waals surface area contributed by atoms with E-state index in [-0.39, 0.29) is 58.3 Å². The van der Waals surface area contributed by atoms with Gasteiger partial charge in [0.2, 0.25) is 18.1 Å². The van der Waals surface area contributed by atoms with Crippen LogP contribution >= 0.6 is 0 Å². The maximum Gasteiger partial charge on any atom is 0.383 e. The summed E-state index contributed by atoms with van der Waals surface area (Å²) in [5, 5.41) is 0.331. The van der Waals surface area contributed by atoms with Gasteiger partial charge in [0.1, 0.15) is 43.0 Å². The monoisotopic (exact) mass is 982 g/mol. The molecule has 0 unspecified atom stereocenters. The van der Waals surface area contributed by atoms with E-state index in [1.165, 1.54) is 48.5 Å². The zero-order chi connectivity index (χ0) is 50.5. The van der Waals surface area contributed by atoms with Crippen molar-refractivity contribution in [1.82, 2.24) is 0 Å². The molecule has 0 saturated carbocycles. The van der Waals surface area contributed by atoms with Crippen LogP contribution in [0.25, 0.3) is 11.0 Å². The molecular formula is C58H46O15. The van der Waals surface area contributed by atoms with E-state index in [0.717, 1.165) is 11.1 Å². The van der Waals surface area contributed by atoms with E-state index in [0.29, 0.717) is 11.1 Å². The smallest absolute Gasteiger partial charge is 0.383 e. The molecule has 2 heterocycles. The van der Waals surface area contributed by atoms with Gasteiger partial charge >= 0.3 is 29.5 Å².